The summed E-state index contributed by atoms with van der Waals surface area (Å²) in [6, 6.07) is 12.9. The number of phenols is 1. The molecule has 2 aromatic carbocycles. The van der Waals surface area contributed by atoms with E-state index >= 15 is 0 Å². The summed E-state index contributed by atoms with van der Waals surface area (Å²) in [5.41, 5.74) is 0.764. The van der Waals surface area contributed by atoms with Gasteiger partial charge in [-0.25, -0.2) is 0 Å². The van der Waals surface area contributed by atoms with Crippen molar-refractivity contribution >= 4 is 11.6 Å². The van der Waals surface area contributed by atoms with Crippen LogP contribution in [0.2, 0.25) is 5.02 Å². The van der Waals surface area contributed by atoms with Gasteiger partial charge in [-0.1, -0.05) is 35.9 Å². The topological polar surface area (TPSA) is 50.7 Å². The van der Waals surface area contributed by atoms with Gasteiger partial charge in [0.25, 0.3) is 0 Å². The van der Waals surface area contributed by atoms with Crippen LogP contribution >= 0.6 is 11.6 Å². The van der Waals surface area contributed by atoms with Gasteiger partial charge >= 0.3 is 0 Å². The summed E-state index contributed by atoms with van der Waals surface area (Å²) < 4.78 is 11.5. The molecule has 1 heterocycles. The maximum absolute atomic E-state index is 9.84. The fourth-order valence-corrected chi connectivity index (χ4v) is 2.43. The monoisotopic (exact) mass is 305 g/mol. The van der Waals surface area contributed by atoms with Gasteiger partial charge in [0, 0.05) is 18.7 Å². The van der Waals surface area contributed by atoms with E-state index in [1.165, 1.54) is 0 Å². The van der Waals surface area contributed by atoms with E-state index in [2.05, 4.69) is 5.32 Å². The molecule has 1 aliphatic rings. The summed E-state index contributed by atoms with van der Waals surface area (Å²) >= 11 is 5.88. The summed E-state index contributed by atoms with van der Waals surface area (Å²) in [7, 11) is 0. The van der Waals surface area contributed by atoms with Crippen LogP contribution in [0.1, 0.15) is 5.56 Å². The summed E-state index contributed by atoms with van der Waals surface area (Å²) in [5, 5.41) is 13.4. The highest BCUT2D eigenvalue weighted by Crippen LogP contribution is 2.31. The van der Waals surface area contributed by atoms with Crippen LogP contribution in [0.4, 0.5) is 0 Å². The van der Waals surface area contributed by atoms with Crippen LogP contribution in [0.15, 0.2) is 42.5 Å². The molecule has 5 heteroatoms. The van der Waals surface area contributed by atoms with E-state index in [9.17, 15) is 5.11 Å². The summed E-state index contributed by atoms with van der Waals surface area (Å²) in [6.07, 6.45) is -0.0544. The van der Waals surface area contributed by atoms with E-state index in [0.717, 1.165) is 17.1 Å². The van der Waals surface area contributed by atoms with Crippen LogP contribution in [0.25, 0.3) is 0 Å². The van der Waals surface area contributed by atoms with E-state index in [1.807, 2.05) is 36.4 Å². The molecule has 0 aromatic heterocycles. The summed E-state index contributed by atoms with van der Waals surface area (Å²) in [6.45, 7) is 1.65. The van der Waals surface area contributed by atoms with Crippen molar-refractivity contribution in [3.63, 3.8) is 0 Å². The van der Waals surface area contributed by atoms with Gasteiger partial charge < -0.3 is 19.9 Å². The van der Waals surface area contributed by atoms with Gasteiger partial charge in [0.05, 0.1) is 5.02 Å². The summed E-state index contributed by atoms with van der Waals surface area (Å²) in [5.74, 6) is 1.67. The van der Waals surface area contributed by atoms with E-state index in [1.54, 1.807) is 6.07 Å². The average Bonchev–Trinajstić information content (AvgIpc) is 2.51. The van der Waals surface area contributed by atoms with Gasteiger partial charge in [-0.15, -0.1) is 0 Å². The number of nitrogens with one attached hydrogen (secondary N) is 1. The van der Waals surface area contributed by atoms with Gasteiger partial charge in [-0.3, -0.25) is 0 Å². The average molecular weight is 306 g/mol. The van der Waals surface area contributed by atoms with E-state index in [-0.39, 0.29) is 11.9 Å². The van der Waals surface area contributed by atoms with Gasteiger partial charge in [-0.05, 0) is 18.2 Å². The number of para-hydroxylation sites is 3. The molecule has 0 aliphatic carbocycles. The number of benzene rings is 2. The van der Waals surface area contributed by atoms with Gasteiger partial charge in [0.2, 0.25) is 0 Å². The Morgan fingerprint density at radius 3 is 2.81 bits per heavy atom. The van der Waals surface area contributed by atoms with Crippen LogP contribution in [0.5, 0.6) is 17.2 Å². The molecular weight excluding hydrogens is 290 g/mol. The second-order valence-corrected chi connectivity index (χ2v) is 5.28. The number of rotatable bonds is 4. The zero-order chi connectivity index (χ0) is 14.7. The predicted octanol–water partition coefficient (Wildman–Crippen LogP) is 2.98. The van der Waals surface area contributed by atoms with Crippen molar-refractivity contribution in [3.05, 3.63) is 53.1 Å². The minimum absolute atomic E-state index is 0.0544. The third kappa shape index (κ3) is 3.23. The Labute approximate surface area is 128 Å². The van der Waals surface area contributed by atoms with Crippen LogP contribution in [-0.2, 0) is 6.54 Å². The number of hydrogen-bond donors (Lipinski definition) is 2. The second-order valence-electron chi connectivity index (χ2n) is 4.88. The highest BCUT2D eigenvalue weighted by molar-refractivity contribution is 6.32. The molecule has 0 bridgehead atoms. The lowest BCUT2D eigenvalue weighted by Gasteiger charge is -2.26. The van der Waals surface area contributed by atoms with Gasteiger partial charge in [0.1, 0.15) is 18.5 Å². The molecule has 2 N–H and O–H groups in total. The Hall–Kier alpha value is -1.91. The fourth-order valence-electron chi connectivity index (χ4n) is 2.23. The number of fused-ring (bicyclic) bond motifs is 1. The molecule has 21 heavy (non-hydrogen) atoms. The molecule has 2 aromatic rings. The minimum atomic E-state index is -0.0544. The maximum atomic E-state index is 9.84. The maximum Gasteiger partial charge on any atom is 0.161 e. The molecule has 0 saturated heterocycles. The number of aromatic hydroxyl groups is 1. The molecule has 0 radical (unpaired) electrons. The van der Waals surface area contributed by atoms with Crippen LogP contribution in [-0.4, -0.2) is 24.4 Å². The lowest BCUT2D eigenvalue weighted by Crippen LogP contribution is -2.38. The molecule has 1 atom stereocenters. The predicted molar refractivity (Wildman–Crippen MR) is 81.2 cm³/mol. The van der Waals surface area contributed by atoms with Gasteiger partial charge in [-0.2, -0.15) is 0 Å². The second kappa shape index (κ2) is 6.24. The fraction of sp³-hybridized carbons (Fsp3) is 0.250. The quantitative estimate of drug-likeness (QED) is 0.912. The van der Waals surface area contributed by atoms with Crippen LogP contribution < -0.4 is 14.8 Å². The highest BCUT2D eigenvalue weighted by Gasteiger charge is 2.20. The van der Waals surface area contributed by atoms with E-state index < -0.39 is 0 Å². The van der Waals surface area contributed by atoms with Crippen molar-refractivity contribution < 1.29 is 14.6 Å². The molecule has 110 valence electrons. The number of phenolic OH excluding ortho intramolecular Hbond substituents is 1. The Balaban J connectivity index is 1.54. The Kier molecular flexibility index (Phi) is 4.18. The standard InChI is InChI=1S/C16H16ClNO3/c17-13-5-3-4-11(16(13)19)8-18-9-12-10-20-14-6-1-2-7-15(14)21-12/h1-7,12,18-19H,8-10H2. The van der Waals surface area contributed by atoms with Gasteiger partial charge in [0.15, 0.2) is 11.5 Å². The van der Waals surface area contributed by atoms with Crippen molar-refractivity contribution in [1.82, 2.24) is 5.32 Å². The van der Waals surface area contributed by atoms with Crippen LogP contribution in [0, 0.1) is 0 Å². The van der Waals surface area contributed by atoms with Crippen molar-refractivity contribution in [1.29, 1.82) is 0 Å². The molecule has 0 fully saturated rings. The molecule has 1 unspecified atom stereocenters. The van der Waals surface area contributed by atoms with Crippen LogP contribution in [0.3, 0.4) is 0 Å². The lowest BCUT2D eigenvalue weighted by molar-refractivity contribution is 0.0902. The normalized spacial score (nSPS) is 16.7. The zero-order valence-electron chi connectivity index (χ0n) is 11.4. The largest absolute Gasteiger partial charge is 0.506 e. The number of halogens is 1. The zero-order valence-corrected chi connectivity index (χ0v) is 12.1. The number of ether oxygens (including phenoxy) is 2. The Morgan fingerprint density at radius 2 is 1.95 bits per heavy atom. The van der Waals surface area contributed by atoms with Crippen molar-refractivity contribution in [2.45, 2.75) is 12.6 Å². The van der Waals surface area contributed by atoms with E-state index in [0.29, 0.717) is 24.7 Å². The first-order valence-corrected chi connectivity index (χ1v) is 7.17. The SMILES string of the molecule is Oc1c(Cl)cccc1CNCC1COc2ccccc2O1. The highest BCUT2D eigenvalue weighted by atomic mass is 35.5. The molecule has 4 nitrogen and oxygen atoms in total. The van der Waals surface area contributed by atoms with Crippen molar-refractivity contribution in [2.75, 3.05) is 13.2 Å². The van der Waals surface area contributed by atoms with Crippen molar-refractivity contribution in [2.24, 2.45) is 0 Å². The number of hydrogen-bond acceptors (Lipinski definition) is 4. The molecule has 1 aliphatic heterocycles. The van der Waals surface area contributed by atoms with E-state index in [4.69, 9.17) is 21.1 Å². The third-order valence-corrected chi connectivity index (χ3v) is 3.63. The third-order valence-electron chi connectivity index (χ3n) is 3.33. The summed E-state index contributed by atoms with van der Waals surface area (Å²) in [4.78, 5) is 0. The molecule has 0 saturated carbocycles. The first-order chi connectivity index (χ1) is 10.2. The molecule has 0 amide bonds. The van der Waals surface area contributed by atoms with Crippen molar-refractivity contribution in [3.8, 4) is 17.2 Å². The first kappa shape index (κ1) is 14.0. The smallest absolute Gasteiger partial charge is 0.161 e. The first-order valence-electron chi connectivity index (χ1n) is 6.79. The molecule has 3 rings (SSSR count). The Morgan fingerprint density at radius 1 is 1.14 bits per heavy atom. The molecule has 0 spiro atoms. The minimum Gasteiger partial charge on any atom is -0.506 e. The Bertz CT molecular complexity index is 633. The molecular formula is C16H16ClNO3. The lowest BCUT2D eigenvalue weighted by atomic mass is 10.2.